The van der Waals surface area contributed by atoms with Gasteiger partial charge in [0.05, 0.1) is 0 Å². The molecule has 0 atom stereocenters. The summed E-state index contributed by atoms with van der Waals surface area (Å²) in [7, 11) is 1.49. The zero-order valence-corrected chi connectivity index (χ0v) is 7.70. The summed E-state index contributed by atoms with van der Waals surface area (Å²) in [5, 5.41) is 6.58. The molecular formula is C6H12N2O2S. The van der Waals surface area contributed by atoms with E-state index in [1.54, 1.807) is 6.92 Å². The average molecular weight is 176 g/mol. The molecule has 11 heavy (non-hydrogen) atoms. The molecule has 0 rings (SSSR count). The Morgan fingerprint density at radius 1 is 1.73 bits per heavy atom. The number of carbonyl (C=O) groups excluding carboxylic acids is 1. The molecule has 0 aliphatic rings. The lowest BCUT2D eigenvalue weighted by Crippen LogP contribution is -2.17. The van der Waals surface area contributed by atoms with Crippen molar-refractivity contribution in [2.24, 2.45) is 5.16 Å². The van der Waals surface area contributed by atoms with Gasteiger partial charge in [-0.15, -0.1) is 11.8 Å². The fraction of sp³-hybridized carbons (Fsp3) is 0.667. The van der Waals surface area contributed by atoms with Crippen LogP contribution in [0.5, 0.6) is 0 Å². The lowest BCUT2D eigenvalue weighted by atomic mass is 10.9. The van der Waals surface area contributed by atoms with Gasteiger partial charge in [-0.25, -0.2) is 4.79 Å². The van der Waals surface area contributed by atoms with E-state index in [0.717, 1.165) is 10.8 Å². The molecule has 0 aromatic heterocycles. The molecule has 0 aromatic rings. The summed E-state index contributed by atoms with van der Waals surface area (Å²) >= 11 is 1.53. The lowest BCUT2D eigenvalue weighted by molar-refractivity contribution is 0.153. The van der Waals surface area contributed by atoms with Gasteiger partial charge >= 0.3 is 6.09 Å². The summed E-state index contributed by atoms with van der Waals surface area (Å²) in [5.41, 5.74) is 0. The normalized spacial score (nSPS) is 11.0. The van der Waals surface area contributed by atoms with E-state index < -0.39 is 6.09 Å². The number of nitrogens with zero attached hydrogens (tertiary/aromatic N) is 1. The van der Waals surface area contributed by atoms with E-state index in [-0.39, 0.29) is 0 Å². The van der Waals surface area contributed by atoms with Crippen LogP contribution >= 0.6 is 11.8 Å². The second-order valence-electron chi connectivity index (χ2n) is 1.67. The number of carbonyl (C=O) groups is 1. The standard InChI is InChI=1S/C6H12N2O2S/c1-4-11-5(2)8-10-6(9)7-3/h4H2,1-3H3,(H,7,9)/b8-5+. The molecule has 0 aromatic carbocycles. The van der Waals surface area contributed by atoms with Crippen LogP contribution in [-0.4, -0.2) is 23.9 Å². The Balaban J connectivity index is 3.63. The number of hydrogen-bond donors (Lipinski definition) is 1. The van der Waals surface area contributed by atoms with Crippen LogP contribution in [0.25, 0.3) is 0 Å². The van der Waals surface area contributed by atoms with Crippen molar-refractivity contribution in [2.45, 2.75) is 13.8 Å². The minimum Gasteiger partial charge on any atom is -0.323 e. The minimum atomic E-state index is -0.541. The predicted octanol–water partition coefficient (Wildman–Crippen LogP) is 1.43. The van der Waals surface area contributed by atoms with Gasteiger partial charge in [0, 0.05) is 7.05 Å². The van der Waals surface area contributed by atoms with E-state index in [2.05, 4.69) is 15.3 Å². The van der Waals surface area contributed by atoms with Crippen LogP contribution in [0.2, 0.25) is 0 Å². The van der Waals surface area contributed by atoms with Crippen LogP contribution in [0.3, 0.4) is 0 Å². The Morgan fingerprint density at radius 2 is 2.36 bits per heavy atom. The Hall–Kier alpha value is -0.710. The van der Waals surface area contributed by atoms with Gasteiger partial charge in [-0.3, -0.25) is 4.84 Å². The van der Waals surface area contributed by atoms with E-state index in [0.29, 0.717) is 0 Å². The number of rotatable bonds is 2. The fourth-order valence-corrected chi connectivity index (χ4v) is 0.894. The number of hydrogen-bond acceptors (Lipinski definition) is 4. The van der Waals surface area contributed by atoms with Gasteiger partial charge in [0.15, 0.2) is 0 Å². The largest absolute Gasteiger partial charge is 0.433 e. The first kappa shape index (κ1) is 10.3. The molecular weight excluding hydrogens is 164 g/mol. The van der Waals surface area contributed by atoms with Gasteiger partial charge < -0.3 is 5.32 Å². The molecule has 0 saturated carbocycles. The highest BCUT2D eigenvalue weighted by molar-refractivity contribution is 8.13. The van der Waals surface area contributed by atoms with Crippen molar-refractivity contribution in [1.29, 1.82) is 0 Å². The molecule has 0 saturated heterocycles. The average Bonchev–Trinajstić information content (AvgIpc) is 2.01. The maximum absolute atomic E-state index is 10.5. The Morgan fingerprint density at radius 3 is 2.82 bits per heavy atom. The van der Waals surface area contributed by atoms with Crippen LogP contribution in [0, 0.1) is 0 Å². The summed E-state index contributed by atoms with van der Waals surface area (Å²) in [4.78, 5) is 14.9. The number of thioether (sulfide) groups is 1. The smallest absolute Gasteiger partial charge is 0.323 e. The van der Waals surface area contributed by atoms with Crippen LogP contribution in [-0.2, 0) is 4.84 Å². The third-order valence-electron chi connectivity index (χ3n) is 0.814. The van der Waals surface area contributed by atoms with E-state index >= 15 is 0 Å². The van der Waals surface area contributed by atoms with Crippen molar-refractivity contribution in [3.63, 3.8) is 0 Å². The first-order chi connectivity index (χ1) is 5.20. The lowest BCUT2D eigenvalue weighted by Gasteiger charge is -1.96. The summed E-state index contributed by atoms with van der Waals surface area (Å²) in [6.07, 6.45) is -0.541. The number of oxime groups is 1. The van der Waals surface area contributed by atoms with Crippen molar-refractivity contribution in [1.82, 2.24) is 5.32 Å². The van der Waals surface area contributed by atoms with Gasteiger partial charge in [0.1, 0.15) is 5.04 Å². The molecule has 4 nitrogen and oxygen atoms in total. The Labute approximate surface area is 70.4 Å². The maximum atomic E-state index is 10.5. The van der Waals surface area contributed by atoms with Crippen molar-refractivity contribution in [2.75, 3.05) is 12.8 Å². The van der Waals surface area contributed by atoms with Gasteiger partial charge in [-0.1, -0.05) is 12.1 Å². The molecule has 0 spiro atoms. The molecule has 0 aliphatic heterocycles. The van der Waals surface area contributed by atoms with Crippen molar-refractivity contribution >= 4 is 22.9 Å². The topological polar surface area (TPSA) is 50.7 Å². The molecule has 1 N–H and O–H groups in total. The van der Waals surface area contributed by atoms with Gasteiger partial charge in [-0.05, 0) is 12.7 Å². The second-order valence-corrected chi connectivity index (χ2v) is 3.13. The zero-order valence-electron chi connectivity index (χ0n) is 6.88. The zero-order chi connectivity index (χ0) is 8.69. The van der Waals surface area contributed by atoms with Crippen molar-refractivity contribution in [3.05, 3.63) is 0 Å². The molecule has 0 radical (unpaired) electrons. The Bertz CT molecular complexity index is 159. The first-order valence-corrected chi connectivity index (χ1v) is 4.25. The summed E-state index contributed by atoms with van der Waals surface area (Å²) in [5.74, 6) is 0.923. The molecule has 0 heterocycles. The molecule has 0 fully saturated rings. The summed E-state index contributed by atoms with van der Waals surface area (Å²) in [6.45, 7) is 3.79. The van der Waals surface area contributed by atoms with Crippen LogP contribution in [0.15, 0.2) is 5.16 Å². The van der Waals surface area contributed by atoms with E-state index in [1.807, 2.05) is 6.92 Å². The fourth-order valence-electron chi connectivity index (χ4n) is 0.387. The number of amides is 1. The molecule has 0 unspecified atom stereocenters. The van der Waals surface area contributed by atoms with E-state index in [1.165, 1.54) is 18.8 Å². The third-order valence-corrected chi connectivity index (χ3v) is 1.60. The highest BCUT2D eigenvalue weighted by Crippen LogP contribution is 2.01. The Kier molecular flexibility index (Phi) is 5.64. The maximum Gasteiger partial charge on any atom is 0.433 e. The van der Waals surface area contributed by atoms with Crippen LogP contribution < -0.4 is 5.32 Å². The summed E-state index contributed by atoms with van der Waals surface area (Å²) < 4.78 is 0. The molecule has 5 heteroatoms. The van der Waals surface area contributed by atoms with Crippen LogP contribution in [0.4, 0.5) is 4.79 Å². The molecule has 1 amide bonds. The number of nitrogens with one attached hydrogen (secondary N) is 1. The molecule has 0 bridgehead atoms. The van der Waals surface area contributed by atoms with E-state index in [4.69, 9.17) is 0 Å². The first-order valence-electron chi connectivity index (χ1n) is 3.26. The predicted molar refractivity (Wildman–Crippen MR) is 46.8 cm³/mol. The molecule has 0 aliphatic carbocycles. The van der Waals surface area contributed by atoms with Gasteiger partial charge in [0.2, 0.25) is 0 Å². The highest BCUT2D eigenvalue weighted by Gasteiger charge is 1.95. The third kappa shape index (κ3) is 5.72. The highest BCUT2D eigenvalue weighted by atomic mass is 32.2. The van der Waals surface area contributed by atoms with Crippen LogP contribution in [0.1, 0.15) is 13.8 Å². The van der Waals surface area contributed by atoms with Gasteiger partial charge in [0.25, 0.3) is 0 Å². The van der Waals surface area contributed by atoms with Gasteiger partial charge in [-0.2, -0.15) is 0 Å². The SMILES string of the molecule is CCS/C(C)=N/OC(=O)NC. The monoisotopic (exact) mass is 176 g/mol. The van der Waals surface area contributed by atoms with E-state index in [9.17, 15) is 4.79 Å². The summed E-state index contributed by atoms with van der Waals surface area (Å²) in [6, 6.07) is 0. The van der Waals surface area contributed by atoms with Crippen molar-refractivity contribution in [3.8, 4) is 0 Å². The van der Waals surface area contributed by atoms with Crippen molar-refractivity contribution < 1.29 is 9.63 Å². The second kappa shape index (κ2) is 6.03. The molecule has 64 valence electrons. The minimum absolute atomic E-state index is 0.541. The quantitative estimate of drug-likeness (QED) is 0.300.